The van der Waals surface area contributed by atoms with E-state index >= 15 is 0 Å². The zero-order valence-corrected chi connectivity index (χ0v) is 21.6. The van der Waals surface area contributed by atoms with E-state index in [0.717, 1.165) is 24.3 Å². The van der Waals surface area contributed by atoms with Gasteiger partial charge in [-0.2, -0.15) is 0 Å². The zero-order chi connectivity index (χ0) is 26.1. The standard InChI is InChI=1S/C28H26Cl2N2O4/c1-4-31(5-2)19-10-7-17(8-11-19)25-24(26(34)18-9-12-20(29)21(30)15-18)27(35)28(36)32(25)22-14-16(3)6-13-23(22)33/h6-15,25,33-34H,4-5H2,1-3H3/b26-24-. The maximum Gasteiger partial charge on any atom is 0.300 e. The number of Topliss-reactive ketones (excluding diaryl/α,β-unsaturated/α-hetero) is 1. The van der Waals surface area contributed by atoms with Crippen molar-refractivity contribution in [3.63, 3.8) is 0 Å². The van der Waals surface area contributed by atoms with Crippen LogP contribution in [0.15, 0.2) is 66.2 Å². The summed E-state index contributed by atoms with van der Waals surface area (Å²) < 4.78 is 0. The maximum absolute atomic E-state index is 13.4. The van der Waals surface area contributed by atoms with Crippen LogP contribution in [0.25, 0.3) is 5.76 Å². The SMILES string of the molecule is CCN(CC)c1ccc(C2/C(=C(/O)c3ccc(Cl)c(Cl)c3)C(=O)C(=O)N2c2cc(C)ccc2O)cc1. The second kappa shape index (κ2) is 10.2. The highest BCUT2D eigenvalue weighted by molar-refractivity contribution is 6.52. The van der Waals surface area contributed by atoms with Crippen LogP contribution in [0.3, 0.4) is 0 Å². The predicted molar refractivity (Wildman–Crippen MR) is 144 cm³/mol. The van der Waals surface area contributed by atoms with Crippen molar-refractivity contribution in [3.05, 3.63) is 93.0 Å². The van der Waals surface area contributed by atoms with E-state index in [9.17, 15) is 19.8 Å². The number of carbonyl (C=O) groups is 2. The maximum atomic E-state index is 13.4. The van der Waals surface area contributed by atoms with Gasteiger partial charge in [0.2, 0.25) is 0 Å². The Morgan fingerprint density at radius 1 is 0.944 bits per heavy atom. The Balaban J connectivity index is 1.94. The van der Waals surface area contributed by atoms with Gasteiger partial charge in [-0.15, -0.1) is 0 Å². The fourth-order valence-corrected chi connectivity index (χ4v) is 4.78. The van der Waals surface area contributed by atoms with E-state index in [1.165, 1.54) is 29.2 Å². The Morgan fingerprint density at radius 3 is 2.22 bits per heavy atom. The van der Waals surface area contributed by atoms with Crippen molar-refractivity contribution in [2.24, 2.45) is 0 Å². The molecular weight excluding hydrogens is 499 g/mol. The number of hydrogen-bond donors (Lipinski definition) is 2. The number of ketones is 1. The van der Waals surface area contributed by atoms with Crippen LogP contribution in [0, 0.1) is 6.92 Å². The number of halogens is 2. The number of hydrogen-bond acceptors (Lipinski definition) is 5. The van der Waals surface area contributed by atoms with Crippen LogP contribution in [0.4, 0.5) is 11.4 Å². The number of rotatable bonds is 6. The summed E-state index contributed by atoms with van der Waals surface area (Å²) in [6.07, 6.45) is 0. The number of carbonyl (C=O) groups excluding carboxylic acids is 2. The number of aliphatic hydroxyl groups is 1. The van der Waals surface area contributed by atoms with Gasteiger partial charge in [0.15, 0.2) is 0 Å². The molecule has 1 saturated heterocycles. The molecule has 1 unspecified atom stereocenters. The lowest BCUT2D eigenvalue weighted by atomic mass is 9.94. The molecule has 0 spiro atoms. The molecule has 3 aromatic rings. The Hall–Kier alpha value is -3.48. The van der Waals surface area contributed by atoms with Gasteiger partial charge in [-0.1, -0.05) is 41.4 Å². The molecule has 0 aliphatic carbocycles. The van der Waals surface area contributed by atoms with Gasteiger partial charge in [-0.25, -0.2) is 0 Å². The Bertz CT molecular complexity index is 1360. The summed E-state index contributed by atoms with van der Waals surface area (Å²) in [4.78, 5) is 30.1. The highest BCUT2D eigenvalue weighted by Crippen LogP contribution is 2.45. The van der Waals surface area contributed by atoms with E-state index in [-0.39, 0.29) is 33.4 Å². The minimum Gasteiger partial charge on any atom is -0.507 e. The van der Waals surface area contributed by atoms with Crippen LogP contribution in [0.1, 0.15) is 36.6 Å². The molecule has 4 rings (SSSR count). The van der Waals surface area contributed by atoms with Gasteiger partial charge in [0.1, 0.15) is 11.5 Å². The van der Waals surface area contributed by atoms with E-state index < -0.39 is 17.7 Å². The van der Waals surface area contributed by atoms with Gasteiger partial charge in [-0.05, 0) is 74.4 Å². The lowest BCUT2D eigenvalue weighted by molar-refractivity contribution is -0.132. The first kappa shape index (κ1) is 25.6. The largest absolute Gasteiger partial charge is 0.507 e. The molecule has 0 bridgehead atoms. The van der Waals surface area contributed by atoms with Gasteiger partial charge in [0.25, 0.3) is 11.7 Å². The van der Waals surface area contributed by atoms with E-state index in [0.29, 0.717) is 10.6 Å². The second-order valence-electron chi connectivity index (χ2n) is 8.55. The van der Waals surface area contributed by atoms with Crippen molar-refractivity contribution in [2.75, 3.05) is 22.9 Å². The first-order valence-corrected chi connectivity index (χ1v) is 12.3. The van der Waals surface area contributed by atoms with Gasteiger partial charge in [-0.3, -0.25) is 14.5 Å². The number of benzene rings is 3. The molecule has 1 aliphatic rings. The third kappa shape index (κ3) is 4.54. The molecule has 0 saturated carbocycles. The third-order valence-electron chi connectivity index (χ3n) is 6.37. The Labute approximate surface area is 220 Å². The Morgan fingerprint density at radius 2 is 1.61 bits per heavy atom. The van der Waals surface area contributed by atoms with Crippen molar-refractivity contribution < 1.29 is 19.8 Å². The molecule has 2 N–H and O–H groups in total. The molecule has 186 valence electrons. The fourth-order valence-electron chi connectivity index (χ4n) is 4.48. The monoisotopic (exact) mass is 524 g/mol. The molecule has 1 atom stereocenters. The number of phenolic OH excluding ortho intramolecular Hbond substituents is 1. The van der Waals surface area contributed by atoms with Crippen molar-refractivity contribution in [3.8, 4) is 5.75 Å². The molecule has 0 radical (unpaired) electrons. The predicted octanol–water partition coefficient (Wildman–Crippen LogP) is 6.48. The number of phenols is 1. The Kier molecular flexibility index (Phi) is 7.29. The lowest BCUT2D eigenvalue weighted by Crippen LogP contribution is -2.29. The average Bonchev–Trinajstić information content (AvgIpc) is 3.13. The third-order valence-corrected chi connectivity index (χ3v) is 7.10. The van der Waals surface area contributed by atoms with Crippen molar-refractivity contribution in [1.29, 1.82) is 0 Å². The number of anilines is 2. The van der Waals surface area contributed by atoms with E-state index in [4.69, 9.17) is 23.2 Å². The first-order valence-electron chi connectivity index (χ1n) is 11.6. The van der Waals surface area contributed by atoms with Crippen LogP contribution in [0.2, 0.25) is 10.0 Å². The first-order chi connectivity index (χ1) is 17.2. The molecule has 0 aromatic heterocycles. The molecule has 3 aromatic carbocycles. The van der Waals surface area contributed by atoms with Crippen LogP contribution < -0.4 is 9.80 Å². The van der Waals surface area contributed by atoms with Crippen molar-refractivity contribution in [1.82, 2.24) is 0 Å². The van der Waals surface area contributed by atoms with E-state index in [2.05, 4.69) is 18.7 Å². The minimum atomic E-state index is -0.974. The number of aliphatic hydroxyl groups excluding tert-OH is 1. The molecule has 8 heteroatoms. The lowest BCUT2D eigenvalue weighted by Gasteiger charge is -2.27. The van der Waals surface area contributed by atoms with Crippen LogP contribution >= 0.6 is 23.2 Å². The molecule has 1 fully saturated rings. The highest BCUT2D eigenvalue weighted by Gasteiger charge is 2.47. The van der Waals surface area contributed by atoms with Crippen LogP contribution in [0.5, 0.6) is 5.75 Å². The van der Waals surface area contributed by atoms with E-state index in [1.807, 2.05) is 31.2 Å². The van der Waals surface area contributed by atoms with Crippen molar-refractivity contribution in [2.45, 2.75) is 26.8 Å². The number of aromatic hydroxyl groups is 1. The highest BCUT2D eigenvalue weighted by atomic mass is 35.5. The summed E-state index contributed by atoms with van der Waals surface area (Å²) in [5, 5.41) is 22.4. The summed E-state index contributed by atoms with van der Waals surface area (Å²) >= 11 is 12.2. The fraction of sp³-hybridized carbons (Fsp3) is 0.214. The normalized spacial score (nSPS) is 17.0. The van der Waals surface area contributed by atoms with Gasteiger partial charge in [0.05, 0.1) is 27.3 Å². The quantitative estimate of drug-likeness (QED) is 0.219. The second-order valence-corrected chi connectivity index (χ2v) is 9.37. The van der Waals surface area contributed by atoms with Gasteiger partial charge in [0, 0.05) is 24.3 Å². The number of aryl methyl sites for hydroxylation is 1. The van der Waals surface area contributed by atoms with Crippen LogP contribution in [-0.4, -0.2) is 35.0 Å². The van der Waals surface area contributed by atoms with E-state index in [1.54, 1.807) is 12.1 Å². The van der Waals surface area contributed by atoms with Crippen molar-refractivity contribution >= 4 is 52.0 Å². The van der Waals surface area contributed by atoms with Gasteiger partial charge < -0.3 is 15.1 Å². The molecule has 1 heterocycles. The molecule has 1 aliphatic heterocycles. The zero-order valence-electron chi connectivity index (χ0n) is 20.1. The molecule has 36 heavy (non-hydrogen) atoms. The summed E-state index contributed by atoms with van der Waals surface area (Å²) in [6, 6.07) is 15.8. The summed E-state index contributed by atoms with van der Waals surface area (Å²) in [7, 11) is 0. The summed E-state index contributed by atoms with van der Waals surface area (Å²) in [5.41, 5.74) is 2.72. The molecule has 1 amide bonds. The minimum absolute atomic E-state index is 0.102. The number of amides is 1. The summed E-state index contributed by atoms with van der Waals surface area (Å²) in [6.45, 7) is 7.59. The number of nitrogens with zero attached hydrogens (tertiary/aromatic N) is 2. The van der Waals surface area contributed by atoms with Crippen LogP contribution in [-0.2, 0) is 9.59 Å². The van der Waals surface area contributed by atoms with Gasteiger partial charge >= 0.3 is 0 Å². The average molecular weight is 525 g/mol. The smallest absolute Gasteiger partial charge is 0.300 e. The molecular formula is C28H26Cl2N2O4. The topological polar surface area (TPSA) is 81.1 Å². The summed E-state index contributed by atoms with van der Waals surface area (Å²) in [5.74, 6) is -2.24. The molecule has 6 nitrogen and oxygen atoms in total.